The van der Waals surface area contributed by atoms with Crippen molar-refractivity contribution < 1.29 is 14.3 Å². The number of benzene rings is 1. The van der Waals surface area contributed by atoms with Crippen LogP contribution in [0.3, 0.4) is 0 Å². The second-order valence-corrected chi connectivity index (χ2v) is 7.65. The van der Waals surface area contributed by atoms with Crippen molar-refractivity contribution in [3.63, 3.8) is 0 Å². The molecule has 4 N–H and O–H groups in total. The molecule has 8 nitrogen and oxygen atoms in total. The fourth-order valence-electron chi connectivity index (χ4n) is 2.89. The van der Waals surface area contributed by atoms with Gasteiger partial charge in [0.15, 0.2) is 0 Å². The lowest BCUT2D eigenvalue weighted by Gasteiger charge is -2.20. The number of nitrogens with one attached hydrogen (secondary N) is 4. The molecule has 0 fully saturated rings. The Labute approximate surface area is 169 Å². The van der Waals surface area contributed by atoms with Gasteiger partial charge in [0.1, 0.15) is 11.2 Å². The molecule has 0 radical (unpaired) electrons. The largest absolute Gasteiger partial charge is 0.444 e. The Balaban J connectivity index is 1.83. The summed E-state index contributed by atoms with van der Waals surface area (Å²) >= 11 is 0. The molecule has 0 unspecified atom stereocenters. The number of nitrogens with zero attached hydrogens (tertiary/aromatic N) is 1. The Morgan fingerprint density at radius 2 is 1.90 bits per heavy atom. The van der Waals surface area contributed by atoms with Crippen LogP contribution < -0.4 is 16.0 Å². The predicted octanol–water partition coefficient (Wildman–Crippen LogP) is 4.51. The third kappa shape index (κ3) is 4.66. The normalized spacial score (nSPS) is 11.2. The molecular weight excluding hydrogens is 370 g/mol. The van der Waals surface area contributed by atoms with Gasteiger partial charge in [0.25, 0.3) is 5.91 Å². The van der Waals surface area contributed by atoms with E-state index in [-0.39, 0.29) is 5.91 Å². The SMILES string of the molecule is CNc1c(C(=O)Nc2cc(NC(=O)OC(C)(C)C)ccc2C)cnc2[nH]ccc12. The molecule has 0 spiro atoms. The minimum absolute atomic E-state index is 0.303. The zero-order valence-corrected chi connectivity index (χ0v) is 17.1. The molecule has 29 heavy (non-hydrogen) atoms. The zero-order valence-electron chi connectivity index (χ0n) is 17.1. The van der Waals surface area contributed by atoms with Gasteiger partial charge in [-0.25, -0.2) is 9.78 Å². The van der Waals surface area contributed by atoms with Crippen LogP contribution in [0.1, 0.15) is 36.7 Å². The molecule has 0 saturated heterocycles. The van der Waals surface area contributed by atoms with Crippen molar-refractivity contribution in [2.45, 2.75) is 33.3 Å². The molecule has 0 aliphatic carbocycles. The number of hydrogen-bond donors (Lipinski definition) is 4. The molecule has 0 saturated carbocycles. The Morgan fingerprint density at radius 1 is 1.14 bits per heavy atom. The summed E-state index contributed by atoms with van der Waals surface area (Å²) in [4.78, 5) is 32.3. The van der Waals surface area contributed by atoms with E-state index in [1.807, 2.05) is 19.1 Å². The third-order valence-corrected chi connectivity index (χ3v) is 4.21. The fourth-order valence-corrected chi connectivity index (χ4v) is 2.89. The molecule has 2 heterocycles. The van der Waals surface area contributed by atoms with Crippen molar-refractivity contribution in [2.24, 2.45) is 0 Å². The fraction of sp³-hybridized carbons (Fsp3) is 0.286. The van der Waals surface area contributed by atoms with Gasteiger partial charge in [-0.15, -0.1) is 0 Å². The van der Waals surface area contributed by atoms with E-state index in [2.05, 4.69) is 25.9 Å². The quantitative estimate of drug-likeness (QED) is 0.520. The highest BCUT2D eigenvalue weighted by Crippen LogP contribution is 2.27. The minimum atomic E-state index is -0.598. The number of carbonyl (C=O) groups is 2. The summed E-state index contributed by atoms with van der Waals surface area (Å²) < 4.78 is 5.27. The number of amides is 2. The van der Waals surface area contributed by atoms with Crippen LogP contribution in [0.4, 0.5) is 21.9 Å². The van der Waals surface area contributed by atoms with E-state index < -0.39 is 11.7 Å². The van der Waals surface area contributed by atoms with E-state index in [0.717, 1.165) is 10.9 Å². The van der Waals surface area contributed by atoms with E-state index >= 15 is 0 Å². The van der Waals surface area contributed by atoms with Crippen molar-refractivity contribution in [1.29, 1.82) is 0 Å². The summed E-state index contributed by atoms with van der Waals surface area (Å²) in [6.07, 6.45) is 2.74. The number of hydrogen-bond acceptors (Lipinski definition) is 5. The van der Waals surface area contributed by atoms with E-state index in [1.54, 1.807) is 46.1 Å². The molecule has 3 rings (SSSR count). The van der Waals surface area contributed by atoms with Crippen molar-refractivity contribution in [3.05, 3.63) is 47.8 Å². The van der Waals surface area contributed by atoms with Gasteiger partial charge in [0.05, 0.1) is 11.3 Å². The lowest BCUT2D eigenvalue weighted by atomic mass is 10.1. The van der Waals surface area contributed by atoms with Crippen LogP contribution >= 0.6 is 0 Å². The van der Waals surface area contributed by atoms with Crippen LogP contribution in [0.5, 0.6) is 0 Å². The summed E-state index contributed by atoms with van der Waals surface area (Å²) in [6, 6.07) is 7.12. The number of rotatable bonds is 4. The van der Waals surface area contributed by atoms with Gasteiger partial charge in [-0.1, -0.05) is 6.07 Å². The molecule has 3 aromatic rings. The number of pyridine rings is 1. The summed E-state index contributed by atoms with van der Waals surface area (Å²) in [5, 5.41) is 9.48. The van der Waals surface area contributed by atoms with E-state index in [9.17, 15) is 9.59 Å². The predicted molar refractivity (Wildman–Crippen MR) is 115 cm³/mol. The summed E-state index contributed by atoms with van der Waals surface area (Å²) in [6.45, 7) is 7.26. The highest BCUT2D eigenvalue weighted by Gasteiger charge is 2.18. The Morgan fingerprint density at radius 3 is 2.59 bits per heavy atom. The lowest BCUT2D eigenvalue weighted by Crippen LogP contribution is -2.27. The summed E-state index contributed by atoms with van der Waals surface area (Å²) in [5.74, 6) is -0.303. The monoisotopic (exact) mass is 395 g/mol. The molecule has 8 heteroatoms. The highest BCUT2D eigenvalue weighted by molar-refractivity contribution is 6.12. The molecule has 2 aromatic heterocycles. The van der Waals surface area contributed by atoms with Crippen LogP contribution in [-0.4, -0.2) is 34.6 Å². The van der Waals surface area contributed by atoms with Crippen molar-refractivity contribution in [2.75, 3.05) is 23.0 Å². The summed E-state index contributed by atoms with van der Waals surface area (Å²) in [7, 11) is 1.76. The van der Waals surface area contributed by atoms with Gasteiger partial charge in [-0.05, 0) is 51.5 Å². The van der Waals surface area contributed by atoms with Crippen LogP contribution in [0.25, 0.3) is 11.0 Å². The van der Waals surface area contributed by atoms with Gasteiger partial charge in [0, 0.05) is 36.2 Å². The second-order valence-electron chi connectivity index (χ2n) is 7.65. The van der Waals surface area contributed by atoms with Gasteiger partial charge in [0.2, 0.25) is 0 Å². The van der Waals surface area contributed by atoms with Gasteiger partial charge in [-0.2, -0.15) is 0 Å². The average Bonchev–Trinajstić information content (AvgIpc) is 3.10. The van der Waals surface area contributed by atoms with Crippen molar-refractivity contribution >= 4 is 40.1 Å². The number of H-pyrrole nitrogens is 1. The van der Waals surface area contributed by atoms with Crippen LogP contribution in [0.2, 0.25) is 0 Å². The maximum absolute atomic E-state index is 12.9. The smallest absolute Gasteiger partial charge is 0.412 e. The topological polar surface area (TPSA) is 108 Å². The van der Waals surface area contributed by atoms with E-state index in [0.29, 0.717) is 28.3 Å². The first-order valence-corrected chi connectivity index (χ1v) is 9.24. The number of fused-ring (bicyclic) bond motifs is 1. The molecule has 0 atom stereocenters. The number of aryl methyl sites for hydroxylation is 1. The number of ether oxygens (including phenoxy) is 1. The van der Waals surface area contributed by atoms with Crippen LogP contribution in [-0.2, 0) is 4.74 Å². The van der Waals surface area contributed by atoms with Gasteiger partial charge in [-0.3, -0.25) is 10.1 Å². The number of anilines is 3. The number of aromatic nitrogens is 2. The Hall–Kier alpha value is -3.55. The molecule has 2 amide bonds. The van der Waals surface area contributed by atoms with Crippen LogP contribution in [0.15, 0.2) is 36.7 Å². The maximum Gasteiger partial charge on any atom is 0.412 e. The van der Waals surface area contributed by atoms with Gasteiger partial charge >= 0.3 is 6.09 Å². The molecule has 0 aliphatic rings. The first-order chi connectivity index (χ1) is 13.7. The first-order valence-electron chi connectivity index (χ1n) is 9.24. The zero-order chi connectivity index (χ0) is 21.2. The van der Waals surface area contributed by atoms with E-state index in [1.165, 1.54) is 6.20 Å². The summed E-state index contributed by atoms with van der Waals surface area (Å²) in [5.41, 5.74) is 3.17. The van der Waals surface area contributed by atoms with Gasteiger partial charge < -0.3 is 20.4 Å². The van der Waals surface area contributed by atoms with Crippen LogP contribution in [0, 0.1) is 6.92 Å². The molecular formula is C21H25N5O3. The highest BCUT2D eigenvalue weighted by atomic mass is 16.6. The third-order valence-electron chi connectivity index (χ3n) is 4.21. The molecule has 0 bridgehead atoms. The van der Waals surface area contributed by atoms with Crippen molar-refractivity contribution in [3.8, 4) is 0 Å². The maximum atomic E-state index is 12.9. The number of carbonyl (C=O) groups excluding carboxylic acids is 2. The minimum Gasteiger partial charge on any atom is -0.444 e. The molecule has 1 aromatic carbocycles. The standard InChI is InChI=1S/C21H25N5O3/c1-12-6-7-13(25-20(28)29-21(2,3)4)10-16(12)26-19(27)15-11-24-18-14(8-9-23-18)17(15)22-5/h6-11H,1-5H3,(H,25,28)(H,26,27)(H2,22,23,24). The molecule has 0 aliphatic heterocycles. The number of aromatic amines is 1. The van der Waals surface area contributed by atoms with Crippen molar-refractivity contribution in [1.82, 2.24) is 9.97 Å². The second kappa shape index (κ2) is 7.83. The Bertz CT molecular complexity index is 1070. The average molecular weight is 395 g/mol. The van der Waals surface area contributed by atoms with E-state index in [4.69, 9.17) is 4.74 Å². The Kier molecular flexibility index (Phi) is 5.45. The molecule has 152 valence electrons. The lowest BCUT2D eigenvalue weighted by molar-refractivity contribution is 0.0636. The first kappa shape index (κ1) is 20.2.